The molecule has 0 aliphatic rings. The van der Waals surface area contributed by atoms with Gasteiger partial charge in [-0.15, -0.1) is 12.4 Å². The summed E-state index contributed by atoms with van der Waals surface area (Å²) < 4.78 is 43.9. The molecule has 144 valence electrons. The molecule has 0 saturated carbocycles. The van der Waals surface area contributed by atoms with E-state index in [1.165, 1.54) is 18.4 Å². The molecule has 0 radical (unpaired) electrons. The summed E-state index contributed by atoms with van der Waals surface area (Å²) in [7, 11) is 0. The number of carbonyl (C=O) groups excluding carboxylic acids is 1. The first-order valence-electron chi connectivity index (χ1n) is 7.89. The lowest BCUT2D eigenvalue weighted by Gasteiger charge is -2.15. The summed E-state index contributed by atoms with van der Waals surface area (Å²) in [4.78, 5) is 12.3. The van der Waals surface area contributed by atoms with E-state index >= 15 is 0 Å². The number of rotatable bonds is 7. The third-order valence-electron chi connectivity index (χ3n) is 3.56. The summed E-state index contributed by atoms with van der Waals surface area (Å²) in [5.74, 6) is -0.156. The molecule has 0 saturated heterocycles. The predicted molar refractivity (Wildman–Crippen MR) is 96.6 cm³/mol. The maximum atomic E-state index is 13.0. The zero-order valence-corrected chi connectivity index (χ0v) is 15.0. The lowest BCUT2D eigenvalue weighted by molar-refractivity contribution is -0.137. The van der Waals surface area contributed by atoms with Gasteiger partial charge < -0.3 is 20.8 Å². The molecular weight excluding hydrogens is 371 g/mol. The van der Waals surface area contributed by atoms with Crippen molar-refractivity contribution in [3.8, 4) is 0 Å². The van der Waals surface area contributed by atoms with Gasteiger partial charge in [-0.05, 0) is 30.7 Å². The number of nitrogens with two attached hydrogens (primary N) is 1. The fourth-order valence-corrected chi connectivity index (χ4v) is 2.18. The fourth-order valence-electron chi connectivity index (χ4n) is 2.18. The van der Waals surface area contributed by atoms with E-state index in [0.29, 0.717) is 18.0 Å². The Hall–Kier alpha value is -2.19. The van der Waals surface area contributed by atoms with Crippen molar-refractivity contribution >= 4 is 29.7 Å². The average molecular weight is 392 g/mol. The largest absolute Gasteiger partial charge is 0.467 e. The summed E-state index contributed by atoms with van der Waals surface area (Å²) in [5.41, 5.74) is 5.26. The number of nitrogens with one attached hydrogen (secondary N) is 2. The Morgan fingerprint density at radius 2 is 1.96 bits per heavy atom. The maximum Gasteiger partial charge on any atom is 0.416 e. The Balaban J connectivity index is 0.00000338. The molecule has 2 rings (SSSR count). The van der Waals surface area contributed by atoms with Crippen LogP contribution in [0.5, 0.6) is 0 Å². The Kier molecular flexibility index (Phi) is 7.98. The Labute approximate surface area is 155 Å². The van der Waals surface area contributed by atoms with Crippen LogP contribution in [0.25, 0.3) is 0 Å². The van der Waals surface area contributed by atoms with Crippen LogP contribution in [0.15, 0.2) is 34.9 Å². The first-order chi connectivity index (χ1) is 11.8. The van der Waals surface area contributed by atoms with Crippen LogP contribution < -0.4 is 16.4 Å². The number of anilines is 2. The molecule has 1 heterocycles. The van der Waals surface area contributed by atoms with Crippen LogP contribution in [0, 0.1) is 0 Å². The molecule has 0 bridgehead atoms. The molecule has 4 N–H and O–H groups in total. The topological polar surface area (TPSA) is 80.3 Å². The fraction of sp³-hybridized carbons (Fsp3) is 0.353. The Morgan fingerprint density at radius 3 is 2.54 bits per heavy atom. The SMILES string of the molecule is CCCCNc1ccc(C(F)(F)F)cc1NC(=O)c1coc(CN)c1.Cl. The van der Waals surface area contributed by atoms with Gasteiger partial charge in [0.1, 0.15) is 12.0 Å². The van der Waals surface area contributed by atoms with E-state index < -0.39 is 17.6 Å². The van der Waals surface area contributed by atoms with Crippen molar-refractivity contribution < 1.29 is 22.4 Å². The van der Waals surface area contributed by atoms with Crippen LogP contribution in [0.4, 0.5) is 24.5 Å². The van der Waals surface area contributed by atoms with Crippen molar-refractivity contribution in [1.82, 2.24) is 0 Å². The quantitative estimate of drug-likeness (QED) is 0.600. The number of alkyl halides is 3. The monoisotopic (exact) mass is 391 g/mol. The van der Waals surface area contributed by atoms with Crippen LogP contribution in [0.2, 0.25) is 0 Å². The van der Waals surface area contributed by atoms with E-state index in [1.807, 2.05) is 6.92 Å². The molecule has 0 fully saturated rings. The van der Waals surface area contributed by atoms with E-state index in [-0.39, 0.29) is 30.2 Å². The van der Waals surface area contributed by atoms with Gasteiger partial charge in [0.05, 0.1) is 29.0 Å². The zero-order chi connectivity index (χ0) is 18.4. The first-order valence-corrected chi connectivity index (χ1v) is 7.89. The second-order valence-corrected chi connectivity index (χ2v) is 5.50. The van der Waals surface area contributed by atoms with Crippen LogP contribution in [0.1, 0.15) is 41.4 Å². The standard InChI is InChI=1S/C17H20F3N3O2.ClH/c1-2-3-6-22-14-5-4-12(17(18,19)20)8-15(14)23-16(24)11-7-13(9-21)25-10-11;/h4-5,7-8,10,22H,2-3,6,9,21H2,1H3,(H,23,24);1H. The summed E-state index contributed by atoms with van der Waals surface area (Å²) >= 11 is 0. The second kappa shape index (κ2) is 9.49. The molecule has 2 aromatic rings. The van der Waals surface area contributed by atoms with Gasteiger partial charge in [-0.3, -0.25) is 4.79 Å². The summed E-state index contributed by atoms with van der Waals surface area (Å²) in [5, 5.41) is 5.54. The van der Waals surface area contributed by atoms with Crippen molar-refractivity contribution in [2.24, 2.45) is 5.73 Å². The molecule has 5 nitrogen and oxygen atoms in total. The third kappa shape index (κ3) is 5.67. The van der Waals surface area contributed by atoms with Crippen molar-refractivity contribution in [3.05, 3.63) is 47.4 Å². The Bertz CT molecular complexity index is 732. The number of unbranched alkanes of at least 4 members (excludes halogenated alkanes) is 1. The number of benzene rings is 1. The highest BCUT2D eigenvalue weighted by atomic mass is 35.5. The van der Waals surface area contributed by atoms with E-state index in [0.717, 1.165) is 25.0 Å². The van der Waals surface area contributed by atoms with Gasteiger partial charge in [-0.1, -0.05) is 13.3 Å². The average Bonchev–Trinajstić information content (AvgIpc) is 3.04. The van der Waals surface area contributed by atoms with Gasteiger partial charge >= 0.3 is 6.18 Å². The Morgan fingerprint density at radius 1 is 1.23 bits per heavy atom. The van der Waals surface area contributed by atoms with Crippen LogP contribution >= 0.6 is 12.4 Å². The van der Waals surface area contributed by atoms with Crippen LogP contribution in [0.3, 0.4) is 0 Å². The van der Waals surface area contributed by atoms with Crippen molar-refractivity contribution in [2.75, 3.05) is 17.2 Å². The highest BCUT2D eigenvalue weighted by molar-refractivity contribution is 6.05. The smallest absolute Gasteiger partial charge is 0.416 e. The minimum Gasteiger partial charge on any atom is -0.467 e. The zero-order valence-electron chi connectivity index (χ0n) is 14.2. The molecule has 1 aromatic heterocycles. The van der Waals surface area contributed by atoms with E-state index in [4.69, 9.17) is 10.2 Å². The first kappa shape index (κ1) is 21.9. The molecule has 0 unspecified atom stereocenters. The van der Waals surface area contributed by atoms with Crippen molar-refractivity contribution in [2.45, 2.75) is 32.5 Å². The van der Waals surface area contributed by atoms with Gasteiger partial charge in [0, 0.05) is 6.54 Å². The molecule has 1 aromatic carbocycles. The van der Waals surface area contributed by atoms with E-state index in [2.05, 4.69) is 10.6 Å². The summed E-state index contributed by atoms with van der Waals surface area (Å²) in [6.45, 7) is 2.72. The number of carbonyl (C=O) groups is 1. The van der Waals surface area contributed by atoms with Gasteiger partial charge in [0.15, 0.2) is 0 Å². The number of hydrogen-bond donors (Lipinski definition) is 3. The summed E-state index contributed by atoms with van der Waals surface area (Å²) in [6.07, 6.45) is -1.48. The minimum atomic E-state index is -4.50. The normalized spacial score (nSPS) is 11.0. The van der Waals surface area contributed by atoms with Gasteiger partial charge in [0.2, 0.25) is 0 Å². The molecule has 0 aliphatic heterocycles. The molecule has 26 heavy (non-hydrogen) atoms. The minimum absolute atomic E-state index is 0. The molecule has 0 atom stereocenters. The molecular formula is C17H21ClF3N3O2. The molecule has 1 amide bonds. The summed E-state index contributed by atoms with van der Waals surface area (Å²) in [6, 6.07) is 4.66. The van der Waals surface area contributed by atoms with Gasteiger partial charge in [-0.25, -0.2) is 0 Å². The van der Waals surface area contributed by atoms with Gasteiger partial charge in [-0.2, -0.15) is 13.2 Å². The highest BCUT2D eigenvalue weighted by Crippen LogP contribution is 2.34. The molecule has 0 aliphatic carbocycles. The maximum absolute atomic E-state index is 13.0. The number of furan rings is 1. The van der Waals surface area contributed by atoms with E-state index in [1.54, 1.807) is 0 Å². The predicted octanol–water partition coefficient (Wildman–Crippen LogP) is 4.64. The van der Waals surface area contributed by atoms with Gasteiger partial charge in [0.25, 0.3) is 5.91 Å². The number of hydrogen-bond acceptors (Lipinski definition) is 4. The lowest BCUT2D eigenvalue weighted by Crippen LogP contribution is -2.15. The van der Waals surface area contributed by atoms with Crippen LogP contribution in [-0.2, 0) is 12.7 Å². The number of amides is 1. The van der Waals surface area contributed by atoms with Crippen molar-refractivity contribution in [1.29, 1.82) is 0 Å². The highest BCUT2D eigenvalue weighted by Gasteiger charge is 2.31. The molecule has 9 heteroatoms. The lowest BCUT2D eigenvalue weighted by atomic mass is 10.1. The number of halogens is 4. The molecule has 0 spiro atoms. The van der Waals surface area contributed by atoms with E-state index in [9.17, 15) is 18.0 Å². The van der Waals surface area contributed by atoms with Crippen LogP contribution in [-0.4, -0.2) is 12.5 Å². The second-order valence-electron chi connectivity index (χ2n) is 5.50. The third-order valence-corrected chi connectivity index (χ3v) is 3.56. The van der Waals surface area contributed by atoms with Crippen molar-refractivity contribution in [3.63, 3.8) is 0 Å².